The number of hydrogen-bond donors (Lipinski definition) is 3. The molecular weight excluding hydrogens is 116 g/mol. The summed E-state index contributed by atoms with van der Waals surface area (Å²) in [5.41, 5.74) is 0. The minimum Gasteiger partial charge on any atom is -0.379 e. The third-order valence-corrected chi connectivity index (χ3v) is 1.67. The van der Waals surface area contributed by atoms with Gasteiger partial charge in [-0.15, -0.1) is 0 Å². The van der Waals surface area contributed by atoms with E-state index < -0.39 is 0 Å². The summed E-state index contributed by atoms with van der Waals surface area (Å²) in [6.07, 6.45) is 1.72. The van der Waals surface area contributed by atoms with Crippen LogP contribution in [0.3, 0.4) is 0 Å². The van der Waals surface area contributed by atoms with Gasteiger partial charge in [-0.25, -0.2) is 0 Å². The second-order valence-corrected chi connectivity index (χ2v) is 2.51. The summed E-state index contributed by atoms with van der Waals surface area (Å²) in [5, 5.41) is 15.1. The lowest BCUT2D eigenvalue weighted by Gasteiger charge is -2.08. The Morgan fingerprint density at radius 3 is 2.89 bits per heavy atom. The summed E-state index contributed by atoms with van der Waals surface area (Å²) in [6, 6.07) is 0.477. The maximum Gasteiger partial charge on any atom is 0.105 e. The van der Waals surface area contributed by atoms with Gasteiger partial charge in [0, 0.05) is 12.6 Å². The highest BCUT2D eigenvalue weighted by molar-refractivity contribution is 4.78. The highest BCUT2D eigenvalue weighted by Crippen LogP contribution is 2.08. The Morgan fingerprint density at radius 2 is 2.44 bits per heavy atom. The topological polar surface area (TPSA) is 44.3 Å². The van der Waals surface area contributed by atoms with Crippen LogP contribution in [0.15, 0.2) is 0 Å². The van der Waals surface area contributed by atoms with Gasteiger partial charge in [0.1, 0.15) is 6.23 Å². The SMILES string of the molecule is CNCC1CCC(O)N1. The quantitative estimate of drug-likeness (QED) is 0.462. The first-order chi connectivity index (χ1) is 4.33. The number of aliphatic hydroxyl groups is 1. The Morgan fingerprint density at radius 1 is 1.67 bits per heavy atom. The van der Waals surface area contributed by atoms with Gasteiger partial charge in [0.15, 0.2) is 0 Å². The number of nitrogens with one attached hydrogen (secondary N) is 2. The van der Waals surface area contributed by atoms with Crippen LogP contribution >= 0.6 is 0 Å². The Kier molecular flexibility index (Phi) is 2.45. The third-order valence-electron chi connectivity index (χ3n) is 1.67. The molecule has 1 saturated heterocycles. The molecule has 3 nitrogen and oxygen atoms in total. The number of rotatable bonds is 2. The zero-order valence-corrected chi connectivity index (χ0v) is 5.72. The van der Waals surface area contributed by atoms with E-state index in [1.807, 2.05) is 7.05 Å². The van der Waals surface area contributed by atoms with Crippen molar-refractivity contribution in [3.05, 3.63) is 0 Å². The molecule has 0 saturated carbocycles. The molecule has 0 aromatic rings. The number of aliphatic hydroxyl groups excluding tert-OH is 1. The molecular formula is C6H14N2O. The molecule has 0 aliphatic carbocycles. The molecule has 3 N–H and O–H groups in total. The van der Waals surface area contributed by atoms with Gasteiger partial charge >= 0.3 is 0 Å². The number of hydrogen-bond acceptors (Lipinski definition) is 3. The van der Waals surface area contributed by atoms with Crippen LogP contribution in [0.5, 0.6) is 0 Å². The molecule has 2 atom stereocenters. The van der Waals surface area contributed by atoms with Crippen molar-refractivity contribution >= 4 is 0 Å². The molecule has 54 valence electrons. The van der Waals surface area contributed by atoms with Gasteiger partial charge in [-0.2, -0.15) is 0 Å². The van der Waals surface area contributed by atoms with Gasteiger partial charge in [-0.1, -0.05) is 0 Å². The van der Waals surface area contributed by atoms with Crippen LogP contribution in [-0.2, 0) is 0 Å². The van der Waals surface area contributed by atoms with E-state index in [4.69, 9.17) is 5.11 Å². The van der Waals surface area contributed by atoms with Crippen molar-refractivity contribution in [2.45, 2.75) is 25.1 Å². The minimum absolute atomic E-state index is 0.261. The summed E-state index contributed by atoms with van der Waals surface area (Å²) in [6.45, 7) is 0.955. The molecule has 2 unspecified atom stereocenters. The zero-order valence-electron chi connectivity index (χ0n) is 5.72. The van der Waals surface area contributed by atoms with Gasteiger partial charge < -0.3 is 10.4 Å². The van der Waals surface area contributed by atoms with E-state index in [1.165, 1.54) is 0 Å². The second-order valence-electron chi connectivity index (χ2n) is 2.51. The first-order valence-corrected chi connectivity index (χ1v) is 3.41. The van der Waals surface area contributed by atoms with E-state index >= 15 is 0 Å². The van der Waals surface area contributed by atoms with Crippen molar-refractivity contribution in [3.63, 3.8) is 0 Å². The van der Waals surface area contributed by atoms with Crippen molar-refractivity contribution in [3.8, 4) is 0 Å². The van der Waals surface area contributed by atoms with Crippen molar-refractivity contribution < 1.29 is 5.11 Å². The van der Waals surface area contributed by atoms with E-state index in [0.29, 0.717) is 6.04 Å². The van der Waals surface area contributed by atoms with E-state index in [-0.39, 0.29) is 6.23 Å². The molecule has 1 rings (SSSR count). The summed E-state index contributed by atoms with van der Waals surface area (Å²) < 4.78 is 0. The van der Waals surface area contributed by atoms with E-state index in [1.54, 1.807) is 0 Å². The van der Waals surface area contributed by atoms with Crippen LogP contribution in [0.2, 0.25) is 0 Å². The lowest BCUT2D eigenvalue weighted by molar-refractivity contribution is 0.154. The van der Waals surface area contributed by atoms with Gasteiger partial charge in [-0.3, -0.25) is 5.32 Å². The maximum atomic E-state index is 8.99. The van der Waals surface area contributed by atoms with Crippen molar-refractivity contribution in [2.24, 2.45) is 0 Å². The summed E-state index contributed by atoms with van der Waals surface area (Å²) in [7, 11) is 1.92. The fourth-order valence-electron chi connectivity index (χ4n) is 1.21. The van der Waals surface area contributed by atoms with Crippen LogP contribution in [0.4, 0.5) is 0 Å². The lowest BCUT2D eigenvalue weighted by atomic mass is 10.2. The largest absolute Gasteiger partial charge is 0.379 e. The lowest BCUT2D eigenvalue weighted by Crippen LogP contribution is -2.35. The van der Waals surface area contributed by atoms with E-state index in [0.717, 1.165) is 19.4 Å². The van der Waals surface area contributed by atoms with Gasteiger partial charge in [0.2, 0.25) is 0 Å². The minimum atomic E-state index is -0.261. The highest BCUT2D eigenvalue weighted by atomic mass is 16.3. The molecule has 1 fully saturated rings. The standard InChI is InChI=1S/C6H14N2O/c1-7-4-5-2-3-6(9)8-5/h5-9H,2-4H2,1H3. The van der Waals surface area contributed by atoms with E-state index in [9.17, 15) is 0 Å². The zero-order chi connectivity index (χ0) is 6.69. The van der Waals surface area contributed by atoms with Crippen molar-refractivity contribution in [1.29, 1.82) is 0 Å². The monoisotopic (exact) mass is 130 g/mol. The summed E-state index contributed by atoms with van der Waals surface area (Å²) >= 11 is 0. The molecule has 0 radical (unpaired) electrons. The Bertz CT molecular complexity index is 85.1. The average Bonchev–Trinajstić information content (AvgIpc) is 2.17. The van der Waals surface area contributed by atoms with Gasteiger partial charge in [-0.05, 0) is 19.9 Å². The molecule has 1 heterocycles. The van der Waals surface area contributed by atoms with Gasteiger partial charge in [0.05, 0.1) is 0 Å². The smallest absolute Gasteiger partial charge is 0.105 e. The second kappa shape index (κ2) is 3.15. The summed E-state index contributed by atoms with van der Waals surface area (Å²) in [4.78, 5) is 0. The van der Waals surface area contributed by atoms with Crippen LogP contribution in [-0.4, -0.2) is 31.0 Å². The fraction of sp³-hybridized carbons (Fsp3) is 1.00. The van der Waals surface area contributed by atoms with Gasteiger partial charge in [0.25, 0.3) is 0 Å². The Hall–Kier alpha value is -0.120. The third kappa shape index (κ3) is 1.93. The first-order valence-electron chi connectivity index (χ1n) is 3.41. The summed E-state index contributed by atoms with van der Waals surface area (Å²) in [5.74, 6) is 0. The van der Waals surface area contributed by atoms with Crippen molar-refractivity contribution in [1.82, 2.24) is 10.6 Å². The molecule has 1 aliphatic rings. The van der Waals surface area contributed by atoms with Crippen LogP contribution in [0.1, 0.15) is 12.8 Å². The van der Waals surface area contributed by atoms with E-state index in [2.05, 4.69) is 10.6 Å². The molecule has 1 aliphatic heterocycles. The Labute approximate surface area is 55.5 Å². The predicted molar refractivity (Wildman–Crippen MR) is 36.1 cm³/mol. The molecule has 0 spiro atoms. The molecule has 0 aromatic carbocycles. The predicted octanol–water partition coefficient (Wildman–Crippen LogP) is -0.724. The average molecular weight is 130 g/mol. The molecule has 0 bridgehead atoms. The Balaban J connectivity index is 2.14. The maximum absolute atomic E-state index is 8.99. The molecule has 0 aromatic heterocycles. The fourth-order valence-corrected chi connectivity index (χ4v) is 1.21. The van der Waals surface area contributed by atoms with Crippen LogP contribution in [0.25, 0.3) is 0 Å². The van der Waals surface area contributed by atoms with Crippen LogP contribution < -0.4 is 10.6 Å². The highest BCUT2D eigenvalue weighted by Gasteiger charge is 2.19. The normalized spacial score (nSPS) is 35.3. The first kappa shape index (κ1) is 6.99. The molecule has 9 heavy (non-hydrogen) atoms. The molecule has 0 amide bonds. The van der Waals surface area contributed by atoms with Crippen LogP contribution in [0, 0.1) is 0 Å². The molecule has 3 heteroatoms. The van der Waals surface area contributed by atoms with Crippen molar-refractivity contribution in [2.75, 3.05) is 13.6 Å². The number of likely N-dealkylation sites (N-methyl/N-ethyl adjacent to an activating group) is 1.